The number of methoxy groups -OCH3 is 1. The Morgan fingerprint density at radius 1 is 1.06 bits per heavy atom. The van der Waals surface area contributed by atoms with Gasteiger partial charge in [0.1, 0.15) is 0 Å². The molecule has 0 saturated carbocycles. The Morgan fingerprint density at radius 2 is 1.71 bits per heavy atom. The van der Waals surface area contributed by atoms with Gasteiger partial charge in [0.2, 0.25) is 5.91 Å². The van der Waals surface area contributed by atoms with Crippen molar-refractivity contribution in [2.45, 2.75) is 78.9 Å². The third-order valence-electron chi connectivity index (χ3n) is 8.42. The van der Waals surface area contributed by atoms with Gasteiger partial charge in [-0.2, -0.15) is 0 Å². The van der Waals surface area contributed by atoms with Gasteiger partial charge in [-0.3, -0.25) is 14.6 Å². The van der Waals surface area contributed by atoms with Crippen molar-refractivity contribution in [3.63, 3.8) is 0 Å². The second kappa shape index (κ2) is 10.1. The molecule has 2 aliphatic heterocycles. The van der Waals surface area contributed by atoms with Crippen molar-refractivity contribution in [2.24, 2.45) is 11.8 Å². The molecule has 180 valence electrons. The zero-order chi connectivity index (χ0) is 23.6. The zero-order valence-corrected chi connectivity index (χ0v) is 21.4. The van der Waals surface area contributed by atoms with E-state index < -0.39 is 0 Å². The van der Waals surface area contributed by atoms with Crippen LogP contribution in [0.3, 0.4) is 0 Å². The lowest BCUT2D eigenvalue weighted by atomic mass is 9.79. The van der Waals surface area contributed by atoms with Gasteiger partial charge in [0.15, 0.2) is 0 Å². The monoisotopic (exact) mass is 438 g/mol. The highest BCUT2D eigenvalue weighted by Gasteiger charge is 2.43. The van der Waals surface area contributed by atoms with Crippen LogP contribution in [0.25, 0.3) is 0 Å². The maximum absolute atomic E-state index is 12.5. The molecule has 2 saturated heterocycles. The van der Waals surface area contributed by atoms with Crippen molar-refractivity contribution in [1.82, 2.24) is 19.6 Å². The molecule has 2 rings (SSSR count). The molecule has 2 aliphatic rings. The zero-order valence-electron chi connectivity index (χ0n) is 21.4. The van der Waals surface area contributed by atoms with Gasteiger partial charge in [-0.1, -0.05) is 20.8 Å². The van der Waals surface area contributed by atoms with Crippen LogP contribution in [0.2, 0.25) is 0 Å². The Bertz CT molecular complexity index is 634. The van der Waals surface area contributed by atoms with Crippen LogP contribution in [-0.2, 0) is 9.53 Å². The maximum atomic E-state index is 12.5. The topological polar surface area (TPSA) is 56.3 Å². The van der Waals surface area contributed by atoms with Gasteiger partial charge < -0.3 is 14.5 Å². The molecule has 2 heterocycles. The minimum absolute atomic E-state index is 0.0411. The molecule has 31 heavy (non-hydrogen) atoms. The van der Waals surface area contributed by atoms with Crippen molar-refractivity contribution < 1.29 is 14.3 Å². The molecule has 2 fully saturated rings. The number of hydrogen-bond acceptors (Lipinski definition) is 5. The van der Waals surface area contributed by atoms with E-state index in [1.165, 1.54) is 7.11 Å². The highest BCUT2D eigenvalue weighted by Crippen LogP contribution is 2.35. The molecule has 0 spiro atoms. The smallest absolute Gasteiger partial charge is 0.409 e. The molecule has 2 unspecified atom stereocenters. The van der Waals surface area contributed by atoms with Gasteiger partial charge in [-0.25, -0.2) is 4.79 Å². The number of likely N-dealkylation sites (N-methyl/N-ethyl adjacent to an activating group) is 1. The summed E-state index contributed by atoms with van der Waals surface area (Å²) in [5.41, 5.74) is -0.0594. The molecule has 0 aromatic carbocycles. The summed E-state index contributed by atoms with van der Waals surface area (Å²) in [5.74, 6) is 1.09. The van der Waals surface area contributed by atoms with E-state index in [4.69, 9.17) is 4.74 Å². The molecular formula is C24H46N4O3. The first-order chi connectivity index (χ1) is 14.4. The van der Waals surface area contributed by atoms with Gasteiger partial charge in [-0.05, 0) is 52.9 Å². The number of hydrogen-bond donors (Lipinski definition) is 0. The van der Waals surface area contributed by atoms with Gasteiger partial charge in [0.05, 0.1) is 13.7 Å². The summed E-state index contributed by atoms with van der Waals surface area (Å²) >= 11 is 0. The summed E-state index contributed by atoms with van der Waals surface area (Å²) in [6.07, 6.45) is 0.735. The number of rotatable bonds is 7. The molecular weight excluding hydrogens is 392 g/mol. The van der Waals surface area contributed by atoms with E-state index in [1.54, 1.807) is 0 Å². The largest absolute Gasteiger partial charge is 0.453 e. The van der Waals surface area contributed by atoms with Crippen LogP contribution in [0.15, 0.2) is 0 Å². The van der Waals surface area contributed by atoms with Crippen molar-refractivity contribution in [3.05, 3.63) is 0 Å². The van der Waals surface area contributed by atoms with Crippen molar-refractivity contribution in [3.8, 4) is 0 Å². The first-order valence-corrected chi connectivity index (χ1v) is 12.0. The SMILES string of the molecule is CCN1CCN(C(C)(C)C(C)CC2CN(C(=O)OC)CCN2C(C)(C)C(C)C)CC1=O. The molecule has 0 radical (unpaired) electrons. The molecule has 7 nitrogen and oxygen atoms in total. The van der Waals surface area contributed by atoms with E-state index in [0.717, 1.165) is 32.6 Å². The Balaban J connectivity index is 2.18. The van der Waals surface area contributed by atoms with E-state index >= 15 is 0 Å². The molecule has 2 atom stereocenters. The van der Waals surface area contributed by atoms with Crippen LogP contribution in [0.1, 0.15) is 61.8 Å². The predicted octanol–water partition coefficient (Wildman–Crippen LogP) is 3.14. The Hall–Kier alpha value is -1.34. The quantitative estimate of drug-likeness (QED) is 0.611. The third kappa shape index (κ3) is 5.54. The second-order valence-electron chi connectivity index (χ2n) is 10.8. The Labute approximate surface area is 190 Å². The highest BCUT2D eigenvalue weighted by atomic mass is 16.5. The third-order valence-corrected chi connectivity index (χ3v) is 8.42. The minimum atomic E-state index is -0.236. The molecule has 0 aromatic heterocycles. The fourth-order valence-electron chi connectivity index (χ4n) is 4.99. The van der Waals surface area contributed by atoms with E-state index in [9.17, 15) is 9.59 Å². The fraction of sp³-hybridized carbons (Fsp3) is 0.917. The lowest BCUT2D eigenvalue weighted by Gasteiger charge is -2.53. The lowest BCUT2D eigenvalue weighted by Crippen LogP contribution is -2.64. The van der Waals surface area contributed by atoms with Crippen LogP contribution in [0.5, 0.6) is 0 Å². The maximum Gasteiger partial charge on any atom is 0.409 e. The molecule has 2 amide bonds. The molecule has 0 N–H and O–H groups in total. The summed E-state index contributed by atoms with van der Waals surface area (Å²) in [6.45, 7) is 23.3. The number of amides is 2. The lowest BCUT2D eigenvalue weighted by molar-refractivity contribution is -0.139. The van der Waals surface area contributed by atoms with E-state index in [2.05, 4.69) is 58.3 Å². The number of carbonyl (C=O) groups is 2. The van der Waals surface area contributed by atoms with Gasteiger partial charge in [-0.15, -0.1) is 0 Å². The predicted molar refractivity (Wildman–Crippen MR) is 125 cm³/mol. The van der Waals surface area contributed by atoms with Crippen LogP contribution in [0.4, 0.5) is 4.79 Å². The molecule has 0 bridgehead atoms. The summed E-state index contributed by atoms with van der Waals surface area (Å²) in [6, 6.07) is 0.257. The van der Waals surface area contributed by atoms with Crippen LogP contribution in [0, 0.1) is 11.8 Å². The second-order valence-corrected chi connectivity index (χ2v) is 10.8. The van der Waals surface area contributed by atoms with Gasteiger partial charge >= 0.3 is 6.09 Å². The highest BCUT2D eigenvalue weighted by molar-refractivity contribution is 5.79. The average Bonchev–Trinajstić information content (AvgIpc) is 2.72. The first kappa shape index (κ1) is 25.9. The first-order valence-electron chi connectivity index (χ1n) is 12.0. The van der Waals surface area contributed by atoms with Crippen LogP contribution >= 0.6 is 0 Å². The summed E-state index contributed by atoms with van der Waals surface area (Å²) in [5, 5.41) is 0. The summed E-state index contributed by atoms with van der Waals surface area (Å²) in [7, 11) is 1.46. The summed E-state index contributed by atoms with van der Waals surface area (Å²) in [4.78, 5) is 33.5. The van der Waals surface area contributed by atoms with Gasteiger partial charge in [0.25, 0.3) is 0 Å². The number of piperazine rings is 2. The number of carbonyl (C=O) groups excluding carboxylic acids is 2. The van der Waals surface area contributed by atoms with Gasteiger partial charge in [0, 0.05) is 56.4 Å². The summed E-state index contributed by atoms with van der Waals surface area (Å²) < 4.78 is 5.02. The van der Waals surface area contributed by atoms with Crippen LogP contribution in [-0.4, -0.2) is 102 Å². The minimum Gasteiger partial charge on any atom is -0.453 e. The van der Waals surface area contributed by atoms with Crippen molar-refractivity contribution in [2.75, 3.05) is 52.9 Å². The average molecular weight is 439 g/mol. The van der Waals surface area contributed by atoms with Crippen molar-refractivity contribution in [1.29, 1.82) is 0 Å². The molecule has 0 aromatic rings. The van der Waals surface area contributed by atoms with Crippen LogP contribution < -0.4 is 0 Å². The van der Waals surface area contributed by atoms with E-state index in [0.29, 0.717) is 31.5 Å². The number of ether oxygens (including phenoxy) is 1. The Morgan fingerprint density at radius 3 is 2.23 bits per heavy atom. The number of nitrogens with zero attached hydrogens (tertiary/aromatic N) is 4. The normalized spacial score (nSPS) is 23.4. The van der Waals surface area contributed by atoms with E-state index in [-0.39, 0.29) is 29.1 Å². The Kier molecular flexibility index (Phi) is 8.42. The molecule has 7 heteroatoms. The van der Waals surface area contributed by atoms with Crippen molar-refractivity contribution >= 4 is 12.0 Å². The fourth-order valence-corrected chi connectivity index (χ4v) is 4.99. The standard InChI is InChI=1S/C24H46N4O3/c1-10-25-11-13-27(17-21(25)29)24(7,8)19(4)15-20-16-26(22(30)31-9)12-14-28(20)23(5,6)18(2)3/h18-20H,10-17H2,1-9H3. The molecule has 0 aliphatic carbocycles. The van der Waals surface area contributed by atoms with E-state index in [1.807, 2.05) is 16.7 Å².